The Morgan fingerprint density at radius 1 is 1.04 bits per heavy atom. The molecule has 0 spiro atoms. The lowest BCUT2D eigenvalue weighted by atomic mass is 9.93. The SMILES string of the molecule is O=C([C@H]1CCCN(Cc2ccccc2)C1)N1CCCc2cc(F)c(F)cc21. The van der Waals surface area contributed by atoms with Crippen LogP contribution in [0.2, 0.25) is 0 Å². The molecule has 2 aliphatic rings. The fourth-order valence-corrected chi connectivity index (χ4v) is 4.27. The maximum atomic E-state index is 13.8. The summed E-state index contributed by atoms with van der Waals surface area (Å²) >= 11 is 0. The molecule has 1 amide bonds. The molecule has 1 atom stereocenters. The highest BCUT2D eigenvalue weighted by molar-refractivity contribution is 5.96. The number of piperidine rings is 1. The summed E-state index contributed by atoms with van der Waals surface area (Å²) in [6.07, 6.45) is 3.28. The van der Waals surface area contributed by atoms with E-state index >= 15 is 0 Å². The lowest BCUT2D eigenvalue weighted by molar-refractivity contribution is -0.124. The highest BCUT2D eigenvalue weighted by atomic mass is 19.2. The van der Waals surface area contributed by atoms with E-state index in [-0.39, 0.29) is 11.8 Å². The minimum atomic E-state index is -0.886. The van der Waals surface area contributed by atoms with Gasteiger partial charge in [0, 0.05) is 31.4 Å². The van der Waals surface area contributed by atoms with Crippen LogP contribution in [0.15, 0.2) is 42.5 Å². The molecule has 2 aliphatic heterocycles. The van der Waals surface area contributed by atoms with E-state index in [1.54, 1.807) is 4.90 Å². The molecule has 0 saturated carbocycles. The highest BCUT2D eigenvalue weighted by Crippen LogP contribution is 2.32. The van der Waals surface area contributed by atoms with Crippen molar-refractivity contribution in [1.29, 1.82) is 0 Å². The number of rotatable bonds is 3. The molecule has 27 heavy (non-hydrogen) atoms. The molecule has 2 aromatic carbocycles. The van der Waals surface area contributed by atoms with Crippen LogP contribution in [0.1, 0.15) is 30.4 Å². The standard InChI is InChI=1S/C22H24F2N2O/c23-19-12-17-8-5-11-26(21(17)13-20(19)24)22(27)18-9-4-10-25(15-18)14-16-6-2-1-3-7-16/h1-3,6-7,12-13,18H,4-5,8-11,14-15H2/t18-/m0/s1. The third-order valence-corrected chi connectivity index (χ3v) is 5.61. The molecule has 0 radical (unpaired) electrons. The summed E-state index contributed by atoms with van der Waals surface area (Å²) in [6, 6.07) is 12.7. The van der Waals surface area contributed by atoms with Crippen LogP contribution in [-0.4, -0.2) is 30.4 Å². The smallest absolute Gasteiger partial charge is 0.231 e. The number of carbonyl (C=O) groups is 1. The van der Waals surface area contributed by atoms with Crippen molar-refractivity contribution in [3.63, 3.8) is 0 Å². The van der Waals surface area contributed by atoms with Crippen LogP contribution >= 0.6 is 0 Å². The number of amides is 1. The lowest BCUT2D eigenvalue weighted by Gasteiger charge is -2.37. The van der Waals surface area contributed by atoms with Crippen LogP contribution in [0, 0.1) is 17.6 Å². The molecule has 1 fully saturated rings. The third kappa shape index (κ3) is 3.88. The van der Waals surface area contributed by atoms with Gasteiger partial charge >= 0.3 is 0 Å². The van der Waals surface area contributed by atoms with Crippen LogP contribution in [0.5, 0.6) is 0 Å². The fraction of sp³-hybridized carbons (Fsp3) is 0.409. The first-order chi connectivity index (χ1) is 13.1. The van der Waals surface area contributed by atoms with Gasteiger partial charge in [-0.3, -0.25) is 9.69 Å². The summed E-state index contributed by atoms with van der Waals surface area (Å²) in [5.74, 6) is -1.78. The first-order valence-electron chi connectivity index (χ1n) is 9.67. The van der Waals surface area contributed by atoms with Crippen molar-refractivity contribution in [3.8, 4) is 0 Å². The normalized spacial score (nSPS) is 20.4. The lowest BCUT2D eigenvalue weighted by Crippen LogP contribution is -2.46. The van der Waals surface area contributed by atoms with Gasteiger partial charge in [-0.2, -0.15) is 0 Å². The summed E-state index contributed by atoms with van der Waals surface area (Å²) in [5.41, 5.74) is 2.52. The first kappa shape index (κ1) is 18.1. The van der Waals surface area contributed by atoms with Crippen LogP contribution in [0.4, 0.5) is 14.5 Å². The van der Waals surface area contributed by atoms with Gasteiger partial charge < -0.3 is 4.90 Å². The van der Waals surface area contributed by atoms with Crippen LogP contribution in [-0.2, 0) is 17.8 Å². The summed E-state index contributed by atoms with van der Waals surface area (Å²) in [7, 11) is 0. The first-order valence-corrected chi connectivity index (χ1v) is 9.67. The molecule has 2 aromatic rings. The minimum absolute atomic E-state index is 0.0414. The van der Waals surface area contributed by atoms with E-state index in [2.05, 4.69) is 17.0 Å². The number of fused-ring (bicyclic) bond motifs is 1. The number of carbonyl (C=O) groups excluding carboxylic acids is 1. The molecule has 0 aliphatic carbocycles. The molecule has 5 heteroatoms. The molecule has 142 valence electrons. The topological polar surface area (TPSA) is 23.6 Å². The zero-order valence-electron chi connectivity index (χ0n) is 15.3. The Morgan fingerprint density at radius 2 is 1.81 bits per heavy atom. The van der Waals surface area contributed by atoms with Gasteiger partial charge in [0.15, 0.2) is 11.6 Å². The van der Waals surface area contributed by atoms with E-state index in [1.165, 1.54) is 17.7 Å². The van der Waals surface area contributed by atoms with Gasteiger partial charge in [0.25, 0.3) is 0 Å². The Bertz CT molecular complexity index is 825. The summed E-state index contributed by atoms with van der Waals surface area (Å²) < 4.78 is 27.3. The van der Waals surface area contributed by atoms with Gasteiger partial charge in [-0.05, 0) is 49.4 Å². The van der Waals surface area contributed by atoms with Gasteiger partial charge in [0.2, 0.25) is 5.91 Å². The maximum absolute atomic E-state index is 13.8. The second-order valence-electron chi connectivity index (χ2n) is 7.55. The van der Waals surface area contributed by atoms with Crippen molar-refractivity contribution in [3.05, 3.63) is 65.2 Å². The monoisotopic (exact) mass is 370 g/mol. The molecular formula is C22H24F2N2O. The van der Waals surface area contributed by atoms with E-state index in [0.29, 0.717) is 25.2 Å². The second-order valence-corrected chi connectivity index (χ2v) is 7.55. The van der Waals surface area contributed by atoms with Crippen molar-refractivity contribution in [2.75, 3.05) is 24.5 Å². The molecule has 2 heterocycles. The van der Waals surface area contributed by atoms with E-state index in [4.69, 9.17) is 0 Å². The molecule has 4 rings (SSSR count). The number of aryl methyl sites for hydroxylation is 1. The molecule has 1 saturated heterocycles. The maximum Gasteiger partial charge on any atom is 0.231 e. The minimum Gasteiger partial charge on any atom is -0.312 e. The summed E-state index contributed by atoms with van der Waals surface area (Å²) in [6.45, 7) is 3.10. The molecule has 3 nitrogen and oxygen atoms in total. The number of likely N-dealkylation sites (tertiary alicyclic amines) is 1. The highest BCUT2D eigenvalue weighted by Gasteiger charge is 2.32. The molecular weight excluding hydrogens is 346 g/mol. The molecule has 0 N–H and O–H groups in total. The predicted octanol–water partition coefficient (Wildman–Crippen LogP) is 4.16. The van der Waals surface area contributed by atoms with Gasteiger partial charge in [0.1, 0.15) is 0 Å². The number of hydrogen-bond acceptors (Lipinski definition) is 2. The number of anilines is 1. The van der Waals surface area contributed by atoms with E-state index in [1.807, 2.05) is 18.2 Å². The zero-order valence-corrected chi connectivity index (χ0v) is 15.3. The number of halogens is 2. The number of nitrogens with zero attached hydrogens (tertiary/aromatic N) is 2. The van der Waals surface area contributed by atoms with Crippen molar-refractivity contribution in [1.82, 2.24) is 4.90 Å². The van der Waals surface area contributed by atoms with E-state index in [9.17, 15) is 13.6 Å². The molecule has 0 bridgehead atoms. The van der Waals surface area contributed by atoms with Gasteiger partial charge in [-0.1, -0.05) is 30.3 Å². The number of benzene rings is 2. The van der Waals surface area contributed by atoms with Crippen molar-refractivity contribution in [2.45, 2.75) is 32.2 Å². The van der Waals surface area contributed by atoms with Crippen molar-refractivity contribution < 1.29 is 13.6 Å². The van der Waals surface area contributed by atoms with Crippen LogP contribution in [0.25, 0.3) is 0 Å². The average Bonchev–Trinajstić information content (AvgIpc) is 2.69. The fourth-order valence-electron chi connectivity index (χ4n) is 4.27. The largest absolute Gasteiger partial charge is 0.312 e. The second kappa shape index (κ2) is 7.77. The van der Waals surface area contributed by atoms with E-state index < -0.39 is 11.6 Å². The Balaban J connectivity index is 1.49. The Morgan fingerprint density at radius 3 is 2.63 bits per heavy atom. The van der Waals surface area contributed by atoms with Crippen molar-refractivity contribution in [2.24, 2.45) is 5.92 Å². The Hall–Kier alpha value is -2.27. The van der Waals surface area contributed by atoms with Gasteiger partial charge in [-0.25, -0.2) is 8.78 Å². The Labute approximate surface area is 158 Å². The molecule has 0 unspecified atom stereocenters. The Kier molecular flexibility index (Phi) is 5.21. The van der Waals surface area contributed by atoms with Crippen LogP contribution < -0.4 is 4.90 Å². The van der Waals surface area contributed by atoms with Crippen LogP contribution in [0.3, 0.4) is 0 Å². The average molecular weight is 370 g/mol. The summed E-state index contributed by atoms with van der Waals surface area (Å²) in [4.78, 5) is 17.2. The zero-order chi connectivity index (χ0) is 18.8. The molecule has 0 aromatic heterocycles. The van der Waals surface area contributed by atoms with Gasteiger partial charge in [0.05, 0.1) is 5.92 Å². The quantitative estimate of drug-likeness (QED) is 0.810. The predicted molar refractivity (Wildman–Crippen MR) is 101 cm³/mol. The summed E-state index contributed by atoms with van der Waals surface area (Å²) in [5, 5.41) is 0. The number of hydrogen-bond donors (Lipinski definition) is 0. The van der Waals surface area contributed by atoms with Gasteiger partial charge in [-0.15, -0.1) is 0 Å². The van der Waals surface area contributed by atoms with Crippen molar-refractivity contribution >= 4 is 11.6 Å². The third-order valence-electron chi connectivity index (χ3n) is 5.61. The van der Waals surface area contributed by atoms with E-state index in [0.717, 1.165) is 37.9 Å².